The van der Waals surface area contributed by atoms with Gasteiger partial charge in [0.2, 0.25) is 0 Å². The molecule has 0 unspecified atom stereocenters. The Morgan fingerprint density at radius 3 is 2.24 bits per heavy atom. The molecule has 0 bridgehead atoms. The van der Waals surface area contributed by atoms with Crippen LogP contribution < -0.4 is 5.32 Å². The Morgan fingerprint density at radius 1 is 0.760 bits per heavy atom. The van der Waals surface area contributed by atoms with E-state index in [0.29, 0.717) is 0 Å². The van der Waals surface area contributed by atoms with Crippen molar-refractivity contribution in [2.45, 2.75) is 19.0 Å². The van der Waals surface area contributed by atoms with Crippen molar-refractivity contribution in [3.8, 4) is 0 Å². The molecule has 0 spiro atoms. The Kier molecular flexibility index (Phi) is 4.62. The zero-order valence-electron chi connectivity index (χ0n) is 14.2. The minimum atomic E-state index is 0.289. The van der Waals surface area contributed by atoms with Gasteiger partial charge in [0, 0.05) is 29.7 Å². The summed E-state index contributed by atoms with van der Waals surface area (Å²) in [7, 11) is 0. The molecular formula is C23H22N2. The monoisotopic (exact) mass is 326 g/mol. The molecule has 2 N–H and O–H groups in total. The predicted octanol–water partition coefficient (Wildman–Crippen LogP) is 5.24. The molecule has 0 fully saturated rings. The number of aromatic nitrogens is 1. The van der Waals surface area contributed by atoms with Crippen molar-refractivity contribution in [3.63, 3.8) is 0 Å². The minimum Gasteiger partial charge on any atom is -0.361 e. The van der Waals surface area contributed by atoms with E-state index in [-0.39, 0.29) is 6.04 Å². The summed E-state index contributed by atoms with van der Waals surface area (Å²) < 4.78 is 0. The molecule has 4 aromatic rings. The van der Waals surface area contributed by atoms with Gasteiger partial charge in [-0.3, -0.25) is 0 Å². The highest BCUT2D eigenvalue weighted by atomic mass is 14.9. The summed E-state index contributed by atoms with van der Waals surface area (Å²) in [5.74, 6) is 0. The van der Waals surface area contributed by atoms with Crippen molar-refractivity contribution >= 4 is 10.9 Å². The lowest BCUT2D eigenvalue weighted by molar-refractivity contribution is 0.532. The second-order valence-corrected chi connectivity index (χ2v) is 6.39. The van der Waals surface area contributed by atoms with Gasteiger partial charge >= 0.3 is 0 Å². The first-order valence-electron chi connectivity index (χ1n) is 8.77. The van der Waals surface area contributed by atoms with Crippen LogP contribution >= 0.6 is 0 Å². The van der Waals surface area contributed by atoms with Gasteiger partial charge < -0.3 is 10.3 Å². The van der Waals surface area contributed by atoms with E-state index in [4.69, 9.17) is 0 Å². The number of para-hydroxylation sites is 1. The molecular weight excluding hydrogens is 304 g/mol. The summed E-state index contributed by atoms with van der Waals surface area (Å²) in [6.45, 7) is 0.844. The number of nitrogens with one attached hydrogen (secondary N) is 2. The summed E-state index contributed by atoms with van der Waals surface area (Å²) in [4.78, 5) is 3.36. The van der Waals surface area contributed by atoms with E-state index in [0.717, 1.165) is 13.0 Å². The topological polar surface area (TPSA) is 27.8 Å². The van der Waals surface area contributed by atoms with E-state index in [2.05, 4.69) is 101 Å². The van der Waals surface area contributed by atoms with Crippen LogP contribution in [0.1, 0.15) is 22.7 Å². The third-order valence-corrected chi connectivity index (χ3v) is 4.70. The third-order valence-electron chi connectivity index (χ3n) is 4.70. The van der Waals surface area contributed by atoms with Gasteiger partial charge in [0.15, 0.2) is 0 Å². The van der Waals surface area contributed by atoms with E-state index < -0.39 is 0 Å². The van der Waals surface area contributed by atoms with Gasteiger partial charge in [0.05, 0.1) is 0 Å². The molecule has 0 radical (unpaired) electrons. The van der Waals surface area contributed by atoms with Crippen LogP contribution in [0.15, 0.2) is 91.1 Å². The van der Waals surface area contributed by atoms with Gasteiger partial charge in [-0.25, -0.2) is 0 Å². The molecule has 0 aliphatic heterocycles. The summed E-state index contributed by atoms with van der Waals surface area (Å²) in [6.07, 6.45) is 3.09. The van der Waals surface area contributed by atoms with E-state index >= 15 is 0 Å². The lowest BCUT2D eigenvalue weighted by atomic mass is 9.98. The van der Waals surface area contributed by atoms with E-state index in [9.17, 15) is 0 Å². The fourth-order valence-corrected chi connectivity index (χ4v) is 3.35. The fourth-order valence-electron chi connectivity index (χ4n) is 3.35. The zero-order chi connectivity index (χ0) is 16.9. The maximum atomic E-state index is 3.76. The number of hydrogen-bond acceptors (Lipinski definition) is 1. The molecule has 1 aromatic heterocycles. The smallest absolute Gasteiger partial charge is 0.0457 e. The standard InChI is InChI=1S/C23H22N2/c1-3-9-18(10-4-1)15-23(19-11-5-2-6-12-19)25-17-20-16-24-22-14-8-7-13-21(20)22/h1-14,16,23-25H,15,17H2/t23-/m1/s1. The number of hydrogen-bond donors (Lipinski definition) is 2. The van der Waals surface area contributed by atoms with Crippen LogP contribution in [0.25, 0.3) is 10.9 Å². The quantitative estimate of drug-likeness (QED) is 0.498. The zero-order valence-corrected chi connectivity index (χ0v) is 14.2. The molecule has 4 rings (SSSR count). The van der Waals surface area contributed by atoms with Gasteiger partial charge in [-0.05, 0) is 29.2 Å². The molecule has 0 saturated heterocycles. The number of aromatic amines is 1. The van der Waals surface area contributed by atoms with Crippen molar-refractivity contribution in [1.82, 2.24) is 10.3 Å². The van der Waals surface area contributed by atoms with E-state index in [1.165, 1.54) is 27.6 Å². The van der Waals surface area contributed by atoms with Crippen molar-refractivity contribution < 1.29 is 0 Å². The Bertz CT molecular complexity index is 926. The molecule has 2 heteroatoms. The second-order valence-electron chi connectivity index (χ2n) is 6.39. The first-order chi connectivity index (χ1) is 12.4. The molecule has 124 valence electrons. The maximum absolute atomic E-state index is 3.76. The molecule has 1 atom stereocenters. The van der Waals surface area contributed by atoms with Gasteiger partial charge in [-0.2, -0.15) is 0 Å². The van der Waals surface area contributed by atoms with Gasteiger partial charge in [-0.15, -0.1) is 0 Å². The van der Waals surface area contributed by atoms with E-state index in [1.807, 2.05) is 0 Å². The summed E-state index contributed by atoms with van der Waals surface area (Å²) in [5, 5.41) is 5.05. The first-order valence-corrected chi connectivity index (χ1v) is 8.77. The first kappa shape index (κ1) is 15.7. The Morgan fingerprint density at radius 2 is 1.44 bits per heavy atom. The molecule has 3 aromatic carbocycles. The number of fused-ring (bicyclic) bond motifs is 1. The van der Waals surface area contributed by atoms with E-state index in [1.54, 1.807) is 0 Å². The molecule has 0 amide bonds. The molecule has 0 saturated carbocycles. The minimum absolute atomic E-state index is 0.289. The number of benzene rings is 3. The van der Waals surface area contributed by atoms with Crippen molar-refractivity contribution in [1.29, 1.82) is 0 Å². The lowest BCUT2D eigenvalue weighted by Gasteiger charge is -2.19. The third kappa shape index (κ3) is 3.65. The van der Waals surface area contributed by atoms with Crippen LogP contribution in [0, 0.1) is 0 Å². The highest BCUT2D eigenvalue weighted by molar-refractivity contribution is 5.82. The molecule has 1 heterocycles. The summed E-state index contributed by atoms with van der Waals surface area (Å²) in [6, 6.07) is 30.1. The maximum Gasteiger partial charge on any atom is 0.0457 e. The molecule has 25 heavy (non-hydrogen) atoms. The SMILES string of the molecule is c1ccc(C[C@@H](NCc2c[nH]c3ccccc23)c2ccccc2)cc1. The Labute approximate surface area is 148 Å². The summed E-state index contributed by atoms with van der Waals surface area (Å²) >= 11 is 0. The second kappa shape index (κ2) is 7.37. The average molecular weight is 326 g/mol. The largest absolute Gasteiger partial charge is 0.361 e. The Hall–Kier alpha value is -2.84. The normalized spacial score (nSPS) is 12.3. The number of rotatable bonds is 6. The highest BCUT2D eigenvalue weighted by Gasteiger charge is 2.13. The van der Waals surface area contributed by atoms with Gasteiger partial charge in [0.1, 0.15) is 0 Å². The molecule has 2 nitrogen and oxygen atoms in total. The Balaban J connectivity index is 1.56. The van der Waals surface area contributed by atoms with Crippen molar-refractivity contribution in [2.24, 2.45) is 0 Å². The van der Waals surface area contributed by atoms with Crippen molar-refractivity contribution in [3.05, 3.63) is 108 Å². The highest BCUT2D eigenvalue weighted by Crippen LogP contribution is 2.22. The predicted molar refractivity (Wildman–Crippen MR) is 104 cm³/mol. The lowest BCUT2D eigenvalue weighted by Crippen LogP contribution is -2.22. The summed E-state index contributed by atoms with van der Waals surface area (Å²) in [5.41, 5.74) is 5.18. The molecule has 0 aliphatic carbocycles. The number of H-pyrrole nitrogens is 1. The van der Waals surface area contributed by atoms with Crippen LogP contribution in [0.5, 0.6) is 0 Å². The van der Waals surface area contributed by atoms with Gasteiger partial charge in [-0.1, -0.05) is 78.9 Å². The van der Waals surface area contributed by atoms with Crippen LogP contribution in [0.3, 0.4) is 0 Å². The van der Waals surface area contributed by atoms with Crippen LogP contribution in [0.4, 0.5) is 0 Å². The fraction of sp³-hybridized carbons (Fsp3) is 0.130. The molecule has 0 aliphatic rings. The van der Waals surface area contributed by atoms with Crippen LogP contribution in [-0.4, -0.2) is 4.98 Å². The van der Waals surface area contributed by atoms with Crippen molar-refractivity contribution in [2.75, 3.05) is 0 Å². The van der Waals surface area contributed by atoms with Gasteiger partial charge in [0.25, 0.3) is 0 Å². The van der Waals surface area contributed by atoms with Crippen LogP contribution in [0.2, 0.25) is 0 Å². The van der Waals surface area contributed by atoms with Crippen LogP contribution in [-0.2, 0) is 13.0 Å². The average Bonchev–Trinajstić information content (AvgIpc) is 3.10.